The van der Waals surface area contributed by atoms with E-state index >= 15 is 0 Å². The lowest BCUT2D eigenvalue weighted by molar-refractivity contribution is 0.146. The summed E-state index contributed by atoms with van der Waals surface area (Å²) in [6.45, 7) is 6.31. The fourth-order valence-electron chi connectivity index (χ4n) is 8.06. The van der Waals surface area contributed by atoms with Gasteiger partial charge in [0, 0.05) is 21.7 Å². The van der Waals surface area contributed by atoms with Gasteiger partial charge < -0.3 is 9.64 Å². The molecule has 1 aromatic heterocycles. The van der Waals surface area contributed by atoms with Crippen molar-refractivity contribution in [3.63, 3.8) is 0 Å². The average molecular weight is 666 g/mol. The van der Waals surface area contributed by atoms with Gasteiger partial charge in [-0.05, 0) is 110 Å². The molecule has 2 nitrogen and oxygen atoms in total. The van der Waals surface area contributed by atoms with Gasteiger partial charge >= 0.3 is 0 Å². The maximum Gasteiger partial charge on any atom is 0.101 e. The van der Waals surface area contributed by atoms with Crippen LogP contribution in [0.5, 0.6) is 0 Å². The molecule has 2 aliphatic rings. The van der Waals surface area contributed by atoms with Crippen LogP contribution >= 0.6 is 11.3 Å². The van der Waals surface area contributed by atoms with E-state index in [0.29, 0.717) is 0 Å². The summed E-state index contributed by atoms with van der Waals surface area (Å²) in [4.78, 5) is 3.73. The van der Waals surface area contributed by atoms with Gasteiger partial charge in [0.1, 0.15) is 5.00 Å². The third-order valence-electron chi connectivity index (χ3n) is 10.6. The second-order valence-electron chi connectivity index (χ2n) is 13.9. The van der Waals surface area contributed by atoms with E-state index in [1.165, 1.54) is 76.8 Å². The fraction of sp³-hybridized carbons (Fsp3) is 0.149. The van der Waals surface area contributed by atoms with Gasteiger partial charge in [0.05, 0.1) is 13.2 Å². The predicted octanol–water partition coefficient (Wildman–Crippen LogP) is 12.6. The molecule has 2 heterocycles. The highest BCUT2D eigenvalue weighted by molar-refractivity contribution is 7.19. The Labute approximate surface area is 299 Å². The molecule has 0 N–H and O–H groups in total. The minimum atomic E-state index is -0.154. The average Bonchev–Trinajstić information content (AvgIpc) is 3.63. The molecular weight excluding hydrogens is 627 g/mol. The molecule has 0 saturated carbocycles. The number of hydrogen-bond acceptors (Lipinski definition) is 3. The van der Waals surface area contributed by atoms with E-state index in [1.807, 2.05) is 11.3 Å². The molecule has 1 aliphatic carbocycles. The molecule has 0 atom stereocenters. The second kappa shape index (κ2) is 12.6. The summed E-state index contributed by atoms with van der Waals surface area (Å²) < 4.78 is 6.00. The number of thiophene rings is 1. The first-order valence-corrected chi connectivity index (χ1v) is 18.5. The van der Waals surface area contributed by atoms with Crippen molar-refractivity contribution in [1.82, 2.24) is 0 Å². The Morgan fingerprint density at radius 2 is 1.22 bits per heavy atom. The van der Waals surface area contributed by atoms with Crippen molar-refractivity contribution in [3.8, 4) is 43.8 Å². The minimum Gasteiger partial charge on any atom is -0.381 e. The number of rotatable bonds is 6. The Hall–Kier alpha value is -5.22. The summed E-state index contributed by atoms with van der Waals surface area (Å²) in [5, 5.41) is 1.19. The fourth-order valence-corrected chi connectivity index (χ4v) is 9.11. The minimum absolute atomic E-state index is 0.154. The summed E-state index contributed by atoms with van der Waals surface area (Å²) in [5.41, 5.74) is 16.8. The lowest BCUT2D eigenvalue weighted by Crippen LogP contribution is -2.16. The molecule has 0 fully saturated rings. The highest BCUT2D eigenvalue weighted by Crippen LogP contribution is 2.55. The van der Waals surface area contributed by atoms with E-state index in [-0.39, 0.29) is 5.41 Å². The van der Waals surface area contributed by atoms with E-state index in [2.05, 4.69) is 170 Å². The Morgan fingerprint density at radius 1 is 0.540 bits per heavy atom. The van der Waals surface area contributed by atoms with E-state index in [4.69, 9.17) is 4.74 Å². The number of nitrogens with zero attached hydrogens (tertiary/aromatic N) is 1. The Bertz CT molecular complexity index is 2320. The van der Waals surface area contributed by atoms with Crippen molar-refractivity contribution in [2.24, 2.45) is 0 Å². The first-order chi connectivity index (χ1) is 24.6. The Balaban J connectivity index is 1.28. The van der Waals surface area contributed by atoms with Crippen LogP contribution in [0.4, 0.5) is 16.4 Å². The summed E-state index contributed by atoms with van der Waals surface area (Å²) in [6, 6.07) is 55.9. The summed E-state index contributed by atoms with van der Waals surface area (Å²) >= 11 is 1.84. The molecule has 0 unspecified atom stereocenters. The van der Waals surface area contributed by atoms with E-state index in [0.717, 1.165) is 31.7 Å². The molecule has 6 aromatic carbocycles. The van der Waals surface area contributed by atoms with Crippen LogP contribution in [0.1, 0.15) is 36.1 Å². The third-order valence-corrected chi connectivity index (χ3v) is 11.7. The van der Waals surface area contributed by atoms with Crippen LogP contribution in [0.15, 0.2) is 152 Å². The predicted molar refractivity (Wildman–Crippen MR) is 211 cm³/mol. The quantitative estimate of drug-likeness (QED) is 0.175. The van der Waals surface area contributed by atoms with E-state index in [9.17, 15) is 0 Å². The largest absolute Gasteiger partial charge is 0.381 e. The number of fused-ring (bicyclic) bond motifs is 4. The molecule has 1 aliphatic heterocycles. The van der Waals surface area contributed by atoms with Gasteiger partial charge in [0.2, 0.25) is 0 Å². The standard InChI is InChI=1S/C47H39NOS/c1-47(2)42-19-10-9-17-40(42)46-41(39-18-11-16-34-26-28-49-29-27-38(34)39)30-37(31-43(46)47)48(45-25-24-44(50-45)35-14-7-4-8-15-35)36-22-20-33(21-23-36)32-12-5-3-6-13-32/h3-25,30-31H,26-29H2,1-2H3. The number of anilines is 3. The van der Waals surface area contributed by atoms with Gasteiger partial charge in [-0.1, -0.05) is 129 Å². The van der Waals surface area contributed by atoms with Crippen molar-refractivity contribution in [3.05, 3.63) is 174 Å². The topological polar surface area (TPSA) is 12.5 Å². The Kier molecular flexibility index (Phi) is 7.76. The highest BCUT2D eigenvalue weighted by Gasteiger charge is 2.38. The third kappa shape index (κ3) is 5.29. The van der Waals surface area contributed by atoms with Gasteiger partial charge in [0.15, 0.2) is 0 Å². The number of hydrogen-bond donors (Lipinski definition) is 0. The van der Waals surface area contributed by atoms with Crippen molar-refractivity contribution in [2.45, 2.75) is 32.1 Å². The monoisotopic (exact) mass is 665 g/mol. The van der Waals surface area contributed by atoms with Crippen molar-refractivity contribution in [1.29, 1.82) is 0 Å². The summed E-state index contributed by atoms with van der Waals surface area (Å²) in [6.07, 6.45) is 1.87. The van der Waals surface area contributed by atoms with Crippen LogP contribution in [-0.2, 0) is 23.0 Å². The van der Waals surface area contributed by atoms with Crippen LogP contribution < -0.4 is 4.90 Å². The Morgan fingerprint density at radius 3 is 2.02 bits per heavy atom. The van der Waals surface area contributed by atoms with Gasteiger partial charge in [-0.3, -0.25) is 0 Å². The molecule has 9 rings (SSSR count). The molecule has 3 heteroatoms. The second-order valence-corrected chi connectivity index (χ2v) is 15.0. The first-order valence-electron chi connectivity index (χ1n) is 17.6. The molecule has 50 heavy (non-hydrogen) atoms. The van der Waals surface area contributed by atoms with Gasteiger partial charge in [0.25, 0.3) is 0 Å². The van der Waals surface area contributed by atoms with Crippen molar-refractivity contribution >= 4 is 27.7 Å². The van der Waals surface area contributed by atoms with E-state index in [1.54, 1.807) is 0 Å². The van der Waals surface area contributed by atoms with Crippen LogP contribution in [0, 0.1) is 0 Å². The number of benzene rings is 6. The van der Waals surface area contributed by atoms with Crippen LogP contribution in [-0.4, -0.2) is 13.2 Å². The molecule has 0 spiro atoms. The molecule has 0 amide bonds. The normalized spacial score (nSPS) is 14.4. The van der Waals surface area contributed by atoms with E-state index < -0.39 is 0 Å². The first kappa shape index (κ1) is 30.8. The lowest BCUT2D eigenvalue weighted by atomic mass is 9.81. The van der Waals surface area contributed by atoms with Crippen molar-refractivity contribution in [2.75, 3.05) is 18.1 Å². The smallest absolute Gasteiger partial charge is 0.101 e. The van der Waals surface area contributed by atoms with Gasteiger partial charge in [-0.15, -0.1) is 11.3 Å². The molecule has 7 aromatic rings. The zero-order valence-electron chi connectivity index (χ0n) is 28.5. The maximum atomic E-state index is 6.00. The summed E-state index contributed by atoms with van der Waals surface area (Å²) in [5.74, 6) is 0. The van der Waals surface area contributed by atoms with Gasteiger partial charge in [-0.2, -0.15) is 0 Å². The molecular formula is C47H39NOS. The molecule has 0 bridgehead atoms. The lowest BCUT2D eigenvalue weighted by Gasteiger charge is -2.29. The number of ether oxygens (including phenoxy) is 1. The van der Waals surface area contributed by atoms with Crippen molar-refractivity contribution < 1.29 is 4.74 Å². The molecule has 0 saturated heterocycles. The zero-order valence-corrected chi connectivity index (χ0v) is 29.3. The van der Waals surface area contributed by atoms with Crippen LogP contribution in [0.3, 0.4) is 0 Å². The highest BCUT2D eigenvalue weighted by atomic mass is 32.1. The van der Waals surface area contributed by atoms with Crippen LogP contribution in [0.25, 0.3) is 43.8 Å². The summed E-state index contributed by atoms with van der Waals surface area (Å²) in [7, 11) is 0. The molecule has 0 radical (unpaired) electrons. The zero-order chi connectivity index (χ0) is 33.7. The SMILES string of the molecule is CC1(C)c2ccccc2-c2c(-c3cccc4c3CCOCC4)cc(N(c3ccc(-c4ccccc4)cc3)c3ccc(-c4ccccc4)s3)cc21. The maximum absolute atomic E-state index is 6.00. The van der Waals surface area contributed by atoms with Crippen LogP contribution in [0.2, 0.25) is 0 Å². The molecule has 244 valence electrons. The van der Waals surface area contributed by atoms with Gasteiger partial charge in [-0.25, -0.2) is 0 Å².